The molecule has 0 radical (unpaired) electrons. The second kappa shape index (κ2) is 6.10. The molecule has 1 amide bonds. The van der Waals surface area contributed by atoms with Crippen molar-refractivity contribution in [2.75, 3.05) is 12.3 Å². The van der Waals surface area contributed by atoms with Crippen molar-refractivity contribution in [1.29, 1.82) is 0 Å². The van der Waals surface area contributed by atoms with Gasteiger partial charge in [-0.1, -0.05) is 12.1 Å². The Bertz CT molecular complexity index is 606. The van der Waals surface area contributed by atoms with Gasteiger partial charge in [0.15, 0.2) is 0 Å². The summed E-state index contributed by atoms with van der Waals surface area (Å²) < 4.78 is 0. The number of nitrogens with two attached hydrogens (primary N) is 1. The Balaban J connectivity index is 1.88. The smallest absolute Gasteiger partial charge is 0.251 e. The average molecular weight is 270 g/mol. The molecule has 0 aliphatic heterocycles. The highest BCUT2D eigenvalue weighted by atomic mass is 16.3. The van der Waals surface area contributed by atoms with E-state index in [4.69, 9.17) is 5.73 Å². The molecule has 0 saturated carbocycles. The molecule has 2 rings (SSSR count). The van der Waals surface area contributed by atoms with Crippen LogP contribution in [0.15, 0.2) is 42.5 Å². The van der Waals surface area contributed by atoms with Crippen molar-refractivity contribution in [3.63, 3.8) is 0 Å². The van der Waals surface area contributed by atoms with Crippen LogP contribution in [-0.4, -0.2) is 17.6 Å². The van der Waals surface area contributed by atoms with E-state index < -0.39 is 0 Å². The minimum Gasteiger partial charge on any atom is -0.508 e. The number of carbonyl (C=O) groups is 1. The molecule has 4 nitrogen and oxygen atoms in total. The molecule has 4 heteroatoms. The molecule has 0 saturated heterocycles. The Morgan fingerprint density at radius 2 is 1.90 bits per heavy atom. The van der Waals surface area contributed by atoms with E-state index in [1.807, 2.05) is 24.3 Å². The van der Waals surface area contributed by atoms with Crippen molar-refractivity contribution in [1.82, 2.24) is 5.32 Å². The maximum atomic E-state index is 11.9. The van der Waals surface area contributed by atoms with E-state index >= 15 is 0 Å². The first-order chi connectivity index (χ1) is 9.56. The summed E-state index contributed by atoms with van der Waals surface area (Å²) in [5.74, 6) is 0.0620. The van der Waals surface area contributed by atoms with Crippen LogP contribution in [0.5, 0.6) is 5.75 Å². The van der Waals surface area contributed by atoms with Crippen LogP contribution in [-0.2, 0) is 6.42 Å². The van der Waals surface area contributed by atoms with Gasteiger partial charge < -0.3 is 16.2 Å². The molecule has 0 unspecified atom stereocenters. The Morgan fingerprint density at radius 3 is 2.55 bits per heavy atom. The maximum absolute atomic E-state index is 11.9. The molecular weight excluding hydrogens is 252 g/mol. The predicted octanol–water partition coefficient (Wildman–Crippen LogP) is 2.26. The van der Waals surface area contributed by atoms with Gasteiger partial charge in [-0.2, -0.15) is 0 Å². The van der Waals surface area contributed by atoms with Crippen molar-refractivity contribution in [3.05, 3.63) is 59.2 Å². The second-order valence-corrected chi connectivity index (χ2v) is 4.75. The topological polar surface area (TPSA) is 75.4 Å². The monoisotopic (exact) mass is 270 g/mol. The number of amides is 1. The van der Waals surface area contributed by atoms with Crippen LogP contribution in [0.3, 0.4) is 0 Å². The van der Waals surface area contributed by atoms with E-state index in [9.17, 15) is 9.90 Å². The first kappa shape index (κ1) is 13.9. The van der Waals surface area contributed by atoms with Gasteiger partial charge >= 0.3 is 0 Å². The molecule has 20 heavy (non-hydrogen) atoms. The highest BCUT2D eigenvalue weighted by Gasteiger charge is 2.06. The molecule has 0 bridgehead atoms. The fourth-order valence-electron chi connectivity index (χ4n) is 1.90. The van der Waals surface area contributed by atoms with Crippen LogP contribution >= 0.6 is 0 Å². The molecule has 2 aromatic rings. The van der Waals surface area contributed by atoms with Crippen LogP contribution in [0.4, 0.5) is 5.69 Å². The molecule has 0 aliphatic rings. The summed E-state index contributed by atoms with van der Waals surface area (Å²) in [5.41, 5.74) is 8.72. The summed E-state index contributed by atoms with van der Waals surface area (Å²) >= 11 is 0. The normalized spacial score (nSPS) is 10.2. The Labute approximate surface area is 118 Å². The number of rotatable bonds is 4. The fraction of sp³-hybridized carbons (Fsp3) is 0.188. The van der Waals surface area contributed by atoms with Gasteiger partial charge in [-0.15, -0.1) is 0 Å². The number of aromatic hydroxyl groups is 1. The van der Waals surface area contributed by atoms with Crippen LogP contribution in [0.1, 0.15) is 21.5 Å². The van der Waals surface area contributed by atoms with Gasteiger partial charge in [-0.05, 0) is 54.8 Å². The highest BCUT2D eigenvalue weighted by Crippen LogP contribution is 2.16. The van der Waals surface area contributed by atoms with Gasteiger partial charge in [0.05, 0.1) is 0 Å². The quantitative estimate of drug-likeness (QED) is 0.746. The third-order valence-electron chi connectivity index (χ3n) is 3.14. The zero-order valence-corrected chi connectivity index (χ0v) is 11.4. The minimum atomic E-state index is -0.136. The summed E-state index contributed by atoms with van der Waals surface area (Å²) in [6, 6.07) is 12.4. The van der Waals surface area contributed by atoms with Gasteiger partial charge in [0, 0.05) is 17.8 Å². The van der Waals surface area contributed by atoms with Crippen molar-refractivity contribution >= 4 is 11.6 Å². The molecule has 0 heterocycles. The largest absolute Gasteiger partial charge is 0.508 e. The first-order valence-electron chi connectivity index (χ1n) is 6.48. The summed E-state index contributed by atoms with van der Waals surface area (Å²) in [7, 11) is 0. The molecule has 0 atom stereocenters. The van der Waals surface area contributed by atoms with Crippen LogP contribution in [0, 0.1) is 6.92 Å². The summed E-state index contributed by atoms with van der Waals surface area (Å²) in [6.07, 6.45) is 0.753. The molecule has 4 N–H and O–H groups in total. The first-order valence-corrected chi connectivity index (χ1v) is 6.48. The standard InChI is InChI=1S/C16H18N2O2/c1-11-10-13(4-7-15(11)19)16(20)18-9-8-12-2-5-14(17)6-3-12/h2-7,10,19H,8-9,17H2,1H3,(H,18,20). The van der Waals surface area contributed by atoms with E-state index in [0.29, 0.717) is 17.7 Å². The van der Waals surface area contributed by atoms with Crippen molar-refractivity contribution in [2.45, 2.75) is 13.3 Å². The van der Waals surface area contributed by atoms with Gasteiger partial charge in [-0.25, -0.2) is 0 Å². The Morgan fingerprint density at radius 1 is 1.20 bits per heavy atom. The Kier molecular flexibility index (Phi) is 4.25. The molecular formula is C16H18N2O2. The summed E-state index contributed by atoms with van der Waals surface area (Å²) in [5, 5.41) is 12.3. The van der Waals surface area contributed by atoms with E-state index in [1.165, 1.54) is 6.07 Å². The number of anilines is 1. The van der Waals surface area contributed by atoms with Gasteiger partial charge in [0.2, 0.25) is 0 Å². The lowest BCUT2D eigenvalue weighted by atomic mass is 10.1. The van der Waals surface area contributed by atoms with Crippen LogP contribution in [0.2, 0.25) is 0 Å². The molecule has 104 valence electrons. The lowest BCUT2D eigenvalue weighted by Crippen LogP contribution is -2.25. The SMILES string of the molecule is Cc1cc(C(=O)NCCc2ccc(N)cc2)ccc1O. The molecule has 0 aliphatic carbocycles. The van der Waals surface area contributed by atoms with Crippen LogP contribution in [0.25, 0.3) is 0 Å². The third-order valence-corrected chi connectivity index (χ3v) is 3.14. The van der Waals surface area contributed by atoms with E-state index in [0.717, 1.165) is 17.7 Å². The van der Waals surface area contributed by atoms with Gasteiger partial charge in [0.1, 0.15) is 5.75 Å². The van der Waals surface area contributed by atoms with Gasteiger partial charge in [-0.3, -0.25) is 4.79 Å². The molecule has 0 spiro atoms. The van der Waals surface area contributed by atoms with Crippen molar-refractivity contribution in [2.24, 2.45) is 0 Å². The number of nitrogen functional groups attached to an aromatic ring is 1. The maximum Gasteiger partial charge on any atom is 0.251 e. The van der Waals surface area contributed by atoms with Crippen LogP contribution < -0.4 is 11.1 Å². The van der Waals surface area contributed by atoms with Crippen molar-refractivity contribution < 1.29 is 9.90 Å². The second-order valence-electron chi connectivity index (χ2n) is 4.75. The number of phenols is 1. The van der Waals surface area contributed by atoms with E-state index in [-0.39, 0.29) is 11.7 Å². The lowest BCUT2D eigenvalue weighted by Gasteiger charge is -2.07. The van der Waals surface area contributed by atoms with E-state index in [1.54, 1.807) is 19.1 Å². The molecule has 0 fully saturated rings. The minimum absolute atomic E-state index is 0.136. The Hall–Kier alpha value is -2.49. The highest BCUT2D eigenvalue weighted by molar-refractivity contribution is 5.94. The number of hydrogen-bond donors (Lipinski definition) is 3. The van der Waals surface area contributed by atoms with E-state index in [2.05, 4.69) is 5.32 Å². The number of aryl methyl sites for hydroxylation is 1. The summed E-state index contributed by atoms with van der Waals surface area (Å²) in [6.45, 7) is 2.32. The predicted molar refractivity (Wildman–Crippen MR) is 79.7 cm³/mol. The third kappa shape index (κ3) is 3.51. The average Bonchev–Trinajstić information content (AvgIpc) is 2.44. The number of hydrogen-bond acceptors (Lipinski definition) is 3. The summed E-state index contributed by atoms with van der Waals surface area (Å²) in [4.78, 5) is 11.9. The zero-order chi connectivity index (χ0) is 14.5. The van der Waals surface area contributed by atoms with Gasteiger partial charge in [0.25, 0.3) is 5.91 Å². The fourth-order valence-corrected chi connectivity index (χ4v) is 1.90. The number of benzene rings is 2. The number of phenolic OH excluding ortho intramolecular Hbond substituents is 1. The molecule has 2 aromatic carbocycles. The van der Waals surface area contributed by atoms with Crippen molar-refractivity contribution in [3.8, 4) is 5.75 Å². The molecule has 0 aromatic heterocycles. The number of carbonyl (C=O) groups excluding carboxylic acids is 1. The number of nitrogens with one attached hydrogen (secondary N) is 1. The zero-order valence-electron chi connectivity index (χ0n) is 11.4. The lowest BCUT2D eigenvalue weighted by molar-refractivity contribution is 0.0954.